The van der Waals surface area contributed by atoms with Gasteiger partial charge in [0.2, 0.25) is 0 Å². The molecular formula is C11H15NO3. The number of hydrogen-bond acceptors (Lipinski definition) is 3. The van der Waals surface area contributed by atoms with Gasteiger partial charge in [-0.1, -0.05) is 0 Å². The average Bonchev–Trinajstić information content (AvgIpc) is 2.93. The molecule has 0 aromatic carbocycles. The monoisotopic (exact) mass is 209 g/mol. The molecule has 2 rings (SSSR count). The fraction of sp³-hybridized carbons (Fsp3) is 0.545. The number of aliphatic hydroxyl groups is 1. The minimum atomic E-state index is -0.262. The van der Waals surface area contributed by atoms with Gasteiger partial charge in [-0.3, -0.25) is 4.79 Å². The van der Waals surface area contributed by atoms with Crippen molar-refractivity contribution in [2.45, 2.75) is 25.4 Å². The van der Waals surface area contributed by atoms with Crippen molar-refractivity contribution < 1.29 is 14.3 Å². The summed E-state index contributed by atoms with van der Waals surface area (Å²) in [4.78, 5) is 11.4. The Morgan fingerprint density at radius 3 is 3.07 bits per heavy atom. The molecule has 1 saturated carbocycles. The van der Waals surface area contributed by atoms with Crippen LogP contribution < -0.4 is 5.32 Å². The van der Waals surface area contributed by atoms with E-state index in [4.69, 9.17) is 4.42 Å². The SMILES string of the molecule is O=C(NCCC(O)C1CC1)c1ccco1. The summed E-state index contributed by atoms with van der Waals surface area (Å²) < 4.78 is 4.94. The lowest BCUT2D eigenvalue weighted by molar-refractivity contribution is 0.0909. The van der Waals surface area contributed by atoms with Crippen molar-refractivity contribution >= 4 is 5.91 Å². The van der Waals surface area contributed by atoms with E-state index in [0.29, 0.717) is 24.6 Å². The predicted octanol–water partition coefficient (Wildman–Crippen LogP) is 1.17. The topological polar surface area (TPSA) is 62.5 Å². The molecule has 1 aromatic heterocycles. The third-order valence-electron chi connectivity index (χ3n) is 2.64. The largest absolute Gasteiger partial charge is 0.459 e. The first-order valence-corrected chi connectivity index (χ1v) is 5.27. The van der Waals surface area contributed by atoms with Gasteiger partial charge >= 0.3 is 0 Å². The molecule has 4 heteroatoms. The summed E-state index contributed by atoms with van der Waals surface area (Å²) in [6.07, 6.45) is 4.06. The molecule has 2 N–H and O–H groups in total. The van der Waals surface area contributed by atoms with Gasteiger partial charge in [-0.25, -0.2) is 0 Å². The van der Waals surface area contributed by atoms with Gasteiger partial charge in [-0.2, -0.15) is 0 Å². The molecule has 1 atom stereocenters. The first-order chi connectivity index (χ1) is 7.27. The zero-order valence-corrected chi connectivity index (χ0v) is 8.48. The van der Waals surface area contributed by atoms with Crippen LogP contribution in [-0.2, 0) is 0 Å². The maximum atomic E-state index is 11.4. The van der Waals surface area contributed by atoms with Crippen LogP contribution in [0.15, 0.2) is 22.8 Å². The van der Waals surface area contributed by atoms with Crippen LogP contribution in [0.4, 0.5) is 0 Å². The van der Waals surface area contributed by atoms with Crippen LogP contribution in [0.1, 0.15) is 29.8 Å². The third-order valence-corrected chi connectivity index (χ3v) is 2.64. The smallest absolute Gasteiger partial charge is 0.286 e. The minimum Gasteiger partial charge on any atom is -0.459 e. The molecule has 1 aromatic rings. The average molecular weight is 209 g/mol. The summed E-state index contributed by atoms with van der Waals surface area (Å²) in [7, 11) is 0. The molecule has 1 aliphatic rings. The van der Waals surface area contributed by atoms with E-state index < -0.39 is 0 Å². The normalized spacial score (nSPS) is 17.4. The van der Waals surface area contributed by atoms with Crippen molar-refractivity contribution in [1.82, 2.24) is 5.32 Å². The van der Waals surface area contributed by atoms with Crippen LogP contribution in [-0.4, -0.2) is 23.7 Å². The van der Waals surface area contributed by atoms with Gasteiger partial charge in [0.25, 0.3) is 5.91 Å². The molecular weight excluding hydrogens is 194 g/mol. The molecule has 1 unspecified atom stereocenters. The summed E-state index contributed by atoms with van der Waals surface area (Å²) in [5.74, 6) is 0.560. The second kappa shape index (κ2) is 4.49. The summed E-state index contributed by atoms with van der Waals surface area (Å²) in [5, 5.41) is 12.3. The number of carbonyl (C=O) groups excluding carboxylic acids is 1. The lowest BCUT2D eigenvalue weighted by Gasteiger charge is -2.08. The fourth-order valence-corrected chi connectivity index (χ4v) is 1.55. The highest BCUT2D eigenvalue weighted by Gasteiger charge is 2.29. The van der Waals surface area contributed by atoms with Crippen molar-refractivity contribution in [1.29, 1.82) is 0 Å². The van der Waals surface area contributed by atoms with E-state index in [1.807, 2.05) is 0 Å². The van der Waals surface area contributed by atoms with Crippen LogP contribution in [0.25, 0.3) is 0 Å². The van der Waals surface area contributed by atoms with Gasteiger partial charge in [0.1, 0.15) is 0 Å². The number of rotatable bonds is 5. The molecule has 15 heavy (non-hydrogen) atoms. The zero-order chi connectivity index (χ0) is 10.7. The maximum Gasteiger partial charge on any atom is 0.286 e. The number of amides is 1. The number of aliphatic hydroxyl groups excluding tert-OH is 1. The van der Waals surface area contributed by atoms with Crippen LogP contribution in [0.5, 0.6) is 0 Å². The third kappa shape index (κ3) is 2.83. The summed E-state index contributed by atoms with van der Waals surface area (Å²) in [6, 6.07) is 3.29. The number of nitrogens with one attached hydrogen (secondary N) is 1. The van der Waals surface area contributed by atoms with Crippen molar-refractivity contribution in [2.24, 2.45) is 5.92 Å². The second-order valence-electron chi connectivity index (χ2n) is 3.93. The molecule has 1 fully saturated rings. The molecule has 82 valence electrons. The van der Waals surface area contributed by atoms with Crippen molar-refractivity contribution in [3.8, 4) is 0 Å². The standard InChI is InChI=1S/C11H15NO3/c13-9(8-3-4-8)5-6-12-11(14)10-2-1-7-15-10/h1-2,7-9,13H,3-6H2,(H,12,14). The van der Waals surface area contributed by atoms with Gasteiger partial charge in [0, 0.05) is 6.54 Å². The van der Waals surface area contributed by atoms with Crippen LogP contribution >= 0.6 is 0 Å². The van der Waals surface area contributed by atoms with E-state index in [1.54, 1.807) is 12.1 Å². The van der Waals surface area contributed by atoms with E-state index in [-0.39, 0.29) is 12.0 Å². The molecule has 1 amide bonds. The van der Waals surface area contributed by atoms with Gasteiger partial charge in [0.05, 0.1) is 12.4 Å². The molecule has 0 bridgehead atoms. The quantitative estimate of drug-likeness (QED) is 0.765. The minimum absolute atomic E-state index is 0.219. The van der Waals surface area contributed by atoms with Crippen molar-refractivity contribution in [3.05, 3.63) is 24.2 Å². The second-order valence-corrected chi connectivity index (χ2v) is 3.93. The van der Waals surface area contributed by atoms with Crippen molar-refractivity contribution in [3.63, 3.8) is 0 Å². The van der Waals surface area contributed by atoms with E-state index in [2.05, 4.69) is 5.32 Å². The highest BCUT2D eigenvalue weighted by molar-refractivity contribution is 5.91. The number of carbonyl (C=O) groups is 1. The molecule has 0 saturated heterocycles. The molecule has 0 radical (unpaired) electrons. The van der Waals surface area contributed by atoms with Crippen LogP contribution in [0, 0.1) is 5.92 Å². The Morgan fingerprint density at radius 2 is 2.47 bits per heavy atom. The lowest BCUT2D eigenvalue weighted by atomic mass is 10.1. The number of furan rings is 1. The summed E-state index contributed by atoms with van der Waals surface area (Å²) >= 11 is 0. The molecule has 1 heterocycles. The fourth-order valence-electron chi connectivity index (χ4n) is 1.55. The van der Waals surface area contributed by atoms with E-state index in [1.165, 1.54) is 6.26 Å². The Kier molecular flexibility index (Phi) is 3.06. The number of hydrogen-bond donors (Lipinski definition) is 2. The summed E-state index contributed by atoms with van der Waals surface area (Å²) in [6.45, 7) is 0.497. The predicted molar refractivity (Wildman–Crippen MR) is 54.4 cm³/mol. The molecule has 4 nitrogen and oxygen atoms in total. The Morgan fingerprint density at radius 1 is 1.67 bits per heavy atom. The van der Waals surface area contributed by atoms with Crippen LogP contribution in [0.3, 0.4) is 0 Å². The van der Waals surface area contributed by atoms with Gasteiger partial charge in [-0.15, -0.1) is 0 Å². The maximum absolute atomic E-state index is 11.4. The van der Waals surface area contributed by atoms with Crippen LogP contribution in [0.2, 0.25) is 0 Å². The Hall–Kier alpha value is -1.29. The van der Waals surface area contributed by atoms with Gasteiger partial charge in [0.15, 0.2) is 5.76 Å². The highest BCUT2D eigenvalue weighted by atomic mass is 16.3. The van der Waals surface area contributed by atoms with Gasteiger partial charge in [-0.05, 0) is 37.3 Å². The van der Waals surface area contributed by atoms with E-state index in [9.17, 15) is 9.90 Å². The van der Waals surface area contributed by atoms with Gasteiger partial charge < -0.3 is 14.8 Å². The Balaban J connectivity index is 1.67. The Bertz CT molecular complexity index is 317. The molecule has 0 aliphatic heterocycles. The lowest BCUT2D eigenvalue weighted by Crippen LogP contribution is -2.27. The molecule has 1 aliphatic carbocycles. The highest BCUT2D eigenvalue weighted by Crippen LogP contribution is 2.33. The van der Waals surface area contributed by atoms with E-state index >= 15 is 0 Å². The summed E-state index contributed by atoms with van der Waals surface area (Å²) in [5.41, 5.74) is 0. The zero-order valence-electron chi connectivity index (χ0n) is 8.48. The first kappa shape index (κ1) is 10.2. The Labute approximate surface area is 88.3 Å². The first-order valence-electron chi connectivity index (χ1n) is 5.27. The molecule has 0 spiro atoms. The van der Waals surface area contributed by atoms with Crippen molar-refractivity contribution in [2.75, 3.05) is 6.54 Å². The van der Waals surface area contributed by atoms with E-state index in [0.717, 1.165) is 12.8 Å².